The third-order valence-electron chi connectivity index (χ3n) is 6.12. The second-order valence-corrected chi connectivity index (χ2v) is 9.66. The number of hydrogen-bond acceptors (Lipinski definition) is 7. The summed E-state index contributed by atoms with van der Waals surface area (Å²) in [4.78, 5) is 18.0. The summed E-state index contributed by atoms with van der Waals surface area (Å²) in [6.45, 7) is 3.06. The SMILES string of the molecule is CCOC(=O)C1=C(O)/C(=C/c2cn(CCOc3ccccc3)c3ccccc23)SC1=Nc1ccc(OC)cc1. The Morgan fingerprint density at radius 1 is 1.00 bits per heavy atom. The lowest BCUT2D eigenvalue weighted by Crippen LogP contribution is -2.12. The number of aliphatic hydroxyl groups excluding tert-OH is 1. The highest BCUT2D eigenvalue weighted by Gasteiger charge is 2.33. The highest BCUT2D eigenvalue weighted by Crippen LogP contribution is 2.41. The molecule has 3 aromatic carbocycles. The van der Waals surface area contributed by atoms with E-state index in [2.05, 4.69) is 15.6 Å². The molecule has 0 spiro atoms. The molecule has 2 heterocycles. The molecule has 0 fully saturated rings. The molecule has 0 saturated heterocycles. The molecule has 1 N–H and O–H groups in total. The fourth-order valence-electron chi connectivity index (χ4n) is 4.26. The lowest BCUT2D eigenvalue weighted by Gasteiger charge is -2.08. The van der Waals surface area contributed by atoms with Crippen molar-refractivity contribution < 1.29 is 24.1 Å². The molecule has 1 aromatic heterocycles. The van der Waals surface area contributed by atoms with E-state index in [1.165, 1.54) is 11.8 Å². The van der Waals surface area contributed by atoms with Gasteiger partial charge in [0.05, 0.1) is 30.9 Å². The number of aliphatic imine (C=N–C) groups is 1. The van der Waals surface area contributed by atoms with Crippen molar-refractivity contribution in [3.05, 3.63) is 107 Å². The summed E-state index contributed by atoms with van der Waals surface area (Å²) < 4.78 is 18.5. The minimum atomic E-state index is -0.612. The number of fused-ring (bicyclic) bond motifs is 1. The maximum Gasteiger partial charge on any atom is 0.344 e. The van der Waals surface area contributed by atoms with E-state index in [9.17, 15) is 9.90 Å². The van der Waals surface area contributed by atoms with Gasteiger partial charge in [-0.1, -0.05) is 48.2 Å². The second kappa shape index (κ2) is 12.0. The average molecular weight is 541 g/mol. The van der Waals surface area contributed by atoms with Crippen molar-refractivity contribution in [2.75, 3.05) is 20.3 Å². The molecule has 198 valence electrons. The van der Waals surface area contributed by atoms with Gasteiger partial charge in [0, 0.05) is 22.7 Å². The van der Waals surface area contributed by atoms with E-state index in [1.807, 2.05) is 60.8 Å². The molecule has 7 nitrogen and oxygen atoms in total. The van der Waals surface area contributed by atoms with Crippen LogP contribution in [0.3, 0.4) is 0 Å². The molecule has 0 unspecified atom stereocenters. The van der Waals surface area contributed by atoms with Crippen molar-refractivity contribution in [1.29, 1.82) is 0 Å². The number of carbonyl (C=O) groups excluding carboxylic acids is 1. The molecule has 1 aliphatic rings. The number of ether oxygens (including phenoxy) is 3. The number of methoxy groups -OCH3 is 1. The second-order valence-electron chi connectivity index (χ2n) is 8.63. The van der Waals surface area contributed by atoms with Crippen molar-refractivity contribution in [2.24, 2.45) is 4.99 Å². The number of nitrogens with zero attached hydrogens (tertiary/aromatic N) is 2. The molecule has 0 saturated carbocycles. The number of aliphatic hydroxyl groups is 1. The molecule has 0 aliphatic carbocycles. The van der Waals surface area contributed by atoms with Crippen molar-refractivity contribution >= 4 is 45.4 Å². The molecule has 0 radical (unpaired) electrons. The van der Waals surface area contributed by atoms with E-state index in [-0.39, 0.29) is 17.9 Å². The normalized spacial score (nSPS) is 15.3. The monoisotopic (exact) mass is 540 g/mol. The van der Waals surface area contributed by atoms with Gasteiger partial charge in [0.2, 0.25) is 0 Å². The summed E-state index contributed by atoms with van der Waals surface area (Å²) in [7, 11) is 1.59. The van der Waals surface area contributed by atoms with Gasteiger partial charge in [0.15, 0.2) is 0 Å². The van der Waals surface area contributed by atoms with Gasteiger partial charge in [-0.15, -0.1) is 0 Å². The molecule has 0 atom stereocenters. The third-order valence-corrected chi connectivity index (χ3v) is 7.14. The third kappa shape index (κ3) is 5.86. The van der Waals surface area contributed by atoms with Crippen LogP contribution in [0.1, 0.15) is 12.5 Å². The van der Waals surface area contributed by atoms with Crippen LogP contribution in [0.5, 0.6) is 11.5 Å². The maximum absolute atomic E-state index is 12.8. The molecule has 8 heteroatoms. The van der Waals surface area contributed by atoms with Gasteiger partial charge >= 0.3 is 5.97 Å². The largest absolute Gasteiger partial charge is 0.506 e. The first-order chi connectivity index (χ1) is 19.1. The summed E-state index contributed by atoms with van der Waals surface area (Å²) in [5.41, 5.74) is 2.64. The van der Waals surface area contributed by atoms with E-state index < -0.39 is 5.97 Å². The molecule has 0 amide bonds. The predicted molar refractivity (Wildman–Crippen MR) is 156 cm³/mol. The van der Waals surface area contributed by atoms with Crippen LogP contribution in [0.4, 0.5) is 5.69 Å². The highest BCUT2D eigenvalue weighted by molar-refractivity contribution is 8.18. The van der Waals surface area contributed by atoms with E-state index in [0.717, 1.165) is 22.2 Å². The molecular weight excluding hydrogens is 512 g/mol. The summed E-state index contributed by atoms with van der Waals surface area (Å²) in [5, 5.41) is 12.5. The molecule has 0 bridgehead atoms. The van der Waals surface area contributed by atoms with Gasteiger partial charge in [-0.3, -0.25) is 0 Å². The van der Waals surface area contributed by atoms with Gasteiger partial charge in [-0.2, -0.15) is 0 Å². The smallest absolute Gasteiger partial charge is 0.344 e. The Morgan fingerprint density at radius 3 is 2.49 bits per heavy atom. The van der Waals surface area contributed by atoms with Crippen LogP contribution in [0.2, 0.25) is 0 Å². The zero-order chi connectivity index (χ0) is 27.2. The number of esters is 1. The molecular formula is C31H28N2O5S. The number of thioether (sulfide) groups is 1. The summed E-state index contributed by atoms with van der Waals surface area (Å²) in [6, 6.07) is 24.9. The van der Waals surface area contributed by atoms with Crippen molar-refractivity contribution in [3.63, 3.8) is 0 Å². The van der Waals surface area contributed by atoms with Crippen LogP contribution in [0, 0.1) is 0 Å². The zero-order valence-corrected chi connectivity index (χ0v) is 22.5. The standard InChI is InChI=1S/C31H28N2O5S/c1-3-37-31(35)28-29(34)27(39-30(28)32-22-13-15-23(36-2)16-14-22)19-21-20-33(26-12-8-7-11-25(21)26)17-18-38-24-9-5-4-6-10-24/h4-16,19-20,34H,3,17-18H2,1-2H3/b27-19-,32-30?. The molecule has 5 rings (SSSR count). The van der Waals surface area contributed by atoms with E-state index in [4.69, 9.17) is 14.2 Å². The molecule has 39 heavy (non-hydrogen) atoms. The fraction of sp³-hybridized carbons (Fsp3) is 0.161. The van der Waals surface area contributed by atoms with Crippen LogP contribution in [-0.4, -0.2) is 41.0 Å². The Balaban J connectivity index is 1.47. The number of aromatic nitrogens is 1. The zero-order valence-electron chi connectivity index (χ0n) is 21.7. The summed E-state index contributed by atoms with van der Waals surface area (Å²) >= 11 is 1.23. The summed E-state index contributed by atoms with van der Waals surface area (Å²) in [6.07, 6.45) is 3.91. The van der Waals surface area contributed by atoms with Gasteiger partial charge in [0.1, 0.15) is 34.5 Å². The van der Waals surface area contributed by atoms with E-state index in [1.54, 1.807) is 38.3 Å². The lowest BCUT2D eigenvalue weighted by atomic mass is 10.1. The number of benzene rings is 3. The fourth-order valence-corrected chi connectivity index (χ4v) is 5.29. The topological polar surface area (TPSA) is 82.3 Å². The van der Waals surface area contributed by atoms with Crippen LogP contribution in [-0.2, 0) is 16.1 Å². The van der Waals surface area contributed by atoms with Gasteiger partial charge < -0.3 is 23.9 Å². The van der Waals surface area contributed by atoms with E-state index in [0.29, 0.717) is 34.5 Å². The molecule has 1 aliphatic heterocycles. The Hall–Kier alpha value is -4.43. The van der Waals surface area contributed by atoms with E-state index >= 15 is 0 Å². The number of carbonyl (C=O) groups is 1. The van der Waals surface area contributed by atoms with Crippen LogP contribution >= 0.6 is 11.8 Å². The van der Waals surface area contributed by atoms with Crippen LogP contribution < -0.4 is 9.47 Å². The van der Waals surface area contributed by atoms with Crippen LogP contribution in [0.15, 0.2) is 106 Å². The minimum Gasteiger partial charge on any atom is -0.506 e. The first-order valence-corrected chi connectivity index (χ1v) is 13.4. The highest BCUT2D eigenvalue weighted by atomic mass is 32.2. The Morgan fingerprint density at radius 2 is 1.74 bits per heavy atom. The van der Waals surface area contributed by atoms with Crippen molar-refractivity contribution in [2.45, 2.75) is 13.5 Å². The molecule has 4 aromatic rings. The van der Waals surface area contributed by atoms with Gasteiger partial charge in [0.25, 0.3) is 0 Å². The minimum absolute atomic E-state index is 0.0592. The Kier molecular flexibility index (Phi) is 8.03. The van der Waals surface area contributed by atoms with Crippen LogP contribution in [0.25, 0.3) is 17.0 Å². The number of hydrogen-bond donors (Lipinski definition) is 1. The first kappa shape index (κ1) is 26.2. The predicted octanol–water partition coefficient (Wildman–Crippen LogP) is 6.92. The van der Waals surface area contributed by atoms with Crippen molar-refractivity contribution in [3.8, 4) is 11.5 Å². The number of para-hydroxylation sites is 2. The summed E-state index contributed by atoms with van der Waals surface area (Å²) in [5.74, 6) is 0.769. The number of rotatable bonds is 9. The Labute approximate surface area is 231 Å². The quantitative estimate of drug-likeness (QED) is 0.232. The van der Waals surface area contributed by atoms with Crippen molar-refractivity contribution in [1.82, 2.24) is 4.57 Å². The maximum atomic E-state index is 12.8. The Bertz CT molecular complexity index is 1570. The first-order valence-electron chi connectivity index (χ1n) is 12.6. The lowest BCUT2D eigenvalue weighted by molar-refractivity contribution is -0.138. The van der Waals surface area contributed by atoms with Gasteiger partial charge in [-0.25, -0.2) is 9.79 Å². The van der Waals surface area contributed by atoms with Gasteiger partial charge in [-0.05, 0) is 55.5 Å². The average Bonchev–Trinajstić information content (AvgIpc) is 3.46.